The van der Waals surface area contributed by atoms with Gasteiger partial charge in [0.1, 0.15) is 5.75 Å². The first-order chi connectivity index (χ1) is 11.2. The molecule has 0 bridgehead atoms. The number of rotatable bonds is 7. The van der Waals surface area contributed by atoms with Gasteiger partial charge in [0.15, 0.2) is 0 Å². The van der Waals surface area contributed by atoms with Crippen LogP contribution in [-0.4, -0.2) is 60.0 Å². The standard InChI is InChI=1S/C16H21F3N2O3/c1-20(10-13(22)11-21-8-2-3-15(21)23)9-12-4-6-14(7-5-12)24-16(17,18)19/h4-7,13,22H,2-3,8-11H2,1H3. The summed E-state index contributed by atoms with van der Waals surface area (Å²) >= 11 is 0. The second kappa shape index (κ2) is 7.85. The number of β-amino-alcohol motifs (C(OH)–C–C–N with tert-alkyl or cyclic N) is 1. The van der Waals surface area contributed by atoms with Crippen molar-refractivity contribution in [3.05, 3.63) is 29.8 Å². The predicted molar refractivity (Wildman–Crippen MR) is 81.3 cm³/mol. The molecular weight excluding hydrogens is 325 g/mol. The van der Waals surface area contributed by atoms with Crippen LogP contribution in [0.1, 0.15) is 18.4 Å². The Morgan fingerprint density at radius 1 is 1.33 bits per heavy atom. The first-order valence-electron chi connectivity index (χ1n) is 7.72. The number of hydrogen-bond acceptors (Lipinski definition) is 4. The van der Waals surface area contributed by atoms with Crippen molar-refractivity contribution in [3.63, 3.8) is 0 Å². The fraction of sp³-hybridized carbons (Fsp3) is 0.562. The average molecular weight is 346 g/mol. The molecule has 134 valence electrons. The summed E-state index contributed by atoms with van der Waals surface area (Å²) in [6, 6.07) is 5.62. The molecule has 1 unspecified atom stereocenters. The second-order valence-electron chi connectivity index (χ2n) is 5.99. The minimum absolute atomic E-state index is 0.0666. The first-order valence-corrected chi connectivity index (χ1v) is 7.72. The molecule has 1 atom stereocenters. The maximum atomic E-state index is 12.1. The quantitative estimate of drug-likeness (QED) is 0.821. The highest BCUT2D eigenvalue weighted by Crippen LogP contribution is 2.23. The van der Waals surface area contributed by atoms with Gasteiger partial charge >= 0.3 is 6.36 Å². The number of ether oxygens (including phenoxy) is 1. The third-order valence-corrected chi connectivity index (χ3v) is 3.73. The molecule has 1 N–H and O–H groups in total. The highest BCUT2D eigenvalue weighted by atomic mass is 19.4. The van der Waals surface area contributed by atoms with Crippen molar-refractivity contribution in [2.45, 2.75) is 31.9 Å². The number of carbonyl (C=O) groups is 1. The molecule has 5 nitrogen and oxygen atoms in total. The minimum atomic E-state index is -4.70. The number of amides is 1. The lowest BCUT2D eigenvalue weighted by Crippen LogP contribution is -2.39. The summed E-state index contributed by atoms with van der Waals surface area (Å²) in [7, 11) is 1.80. The molecule has 1 aliphatic rings. The molecule has 1 amide bonds. The molecule has 1 aromatic rings. The predicted octanol–water partition coefficient (Wildman–Crippen LogP) is 2.00. The van der Waals surface area contributed by atoms with Gasteiger partial charge in [0, 0.05) is 32.6 Å². The van der Waals surface area contributed by atoms with Crippen molar-refractivity contribution in [3.8, 4) is 5.75 Å². The van der Waals surface area contributed by atoms with E-state index in [-0.39, 0.29) is 11.7 Å². The molecular formula is C16H21F3N2O3. The van der Waals surface area contributed by atoms with Gasteiger partial charge in [0.25, 0.3) is 0 Å². The Labute approximate surface area is 138 Å². The maximum Gasteiger partial charge on any atom is 0.573 e. The Morgan fingerprint density at radius 2 is 2.00 bits per heavy atom. The van der Waals surface area contributed by atoms with E-state index in [1.807, 2.05) is 4.90 Å². The van der Waals surface area contributed by atoms with Crippen molar-refractivity contribution < 1.29 is 27.8 Å². The zero-order valence-corrected chi connectivity index (χ0v) is 13.4. The zero-order chi connectivity index (χ0) is 17.7. The van der Waals surface area contributed by atoms with Crippen molar-refractivity contribution >= 4 is 5.91 Å². The maximum absolute atomic E-state index is 12.1. The van der Waals surface area contributed by atoms with E-state index in [0.29, 0.717) is 32.6 Å². The topological polar surface area (TPSA) is 53.0 Å². The van der Waals surface area contributed by atoms with Gasteiger partial charge in [0.2, 0.25) is 5.91 Å². The van der Waals surface area contributed by atoms with Gasteiger partial charge < -0.3 is 14.7 Å². The summed E-state index contributed by atoms with van der Waals surface area (Å²) in [6.07, 6.45) is -4.00. The molecule has 8 heteroatoms. The molecule has 1 aliphatic heterocycles. The first kappa shape index (κ1) is 18.5. The lowest BCUT2D eigenvalue weighted by Gasteiger charge is -2.24. The minimum Gasteiger partial charge on any atom is -0.406 e. The Balaban J connectivity index is 1.79. The van der Waals surface area contributed by atoms with E-state index in [1.54, 1.807) is 24.1 Å². The van der Waals surface area contributed by atoms with Crippen LogP contribution in [0.15, 0.2) is 24.3 Å². The van der Waals surface area contributed by atoms with Crippen LogP contribution in [0.5, 0.6) is 5.75 Å². The number of aliphatic hydroxyl groups excluding tert-OH is 1. The smallest absolute Gasteiger partial charge is 0.406 e. The van der Waals surface area contributed by atoms with E-state index in [4.69, 9.17) is 0 Å². The molecule has 2 rings (SSSR count). The van der Waals surface area contributed by atoms with Gasteiger partial charge in [0.05, 0.1) is 6.10 Å². The third-order valence-electron chi connectivity index (χ3n) is 3.73. The molecule has 0 aliphatic carbocycles. The Morgan fingerprint density at radius 3 is 2.54 bits per heavy atom. The van der Waals surface area contributed by atoms with Crippen LogP contribution < -0.4 is 4.74 Å². The van der Waals surface area contributed by atoms with E-state index in [0.717, 1.165) is 12.0 Å². The van der Waals surface area contributed by atoms with Crippen LogP contribution in [0.4, 0.5) is 13.2 Å². The lowest BCUT2D eigenvalue weighted by atomic mass is 10.2. The molecule has 1 heterocycles. The van der Waals surface area contributed by atoms with Crippen LogP contribution in [0.25, 0.3) is 0 Å². The molecule has 0 spiro atoms. The van der Waals surface area contributed by atoms with Crippen molar-refractivity contribution in [1.82, 2.24) is 9.80 Å². The van der Waals surface area contributed by atoms with Gasteiger partial charge in [-0.3, -0.25) is 9.69 Å². The molecule has 24 heavy (non-hydrogen) atoms. The van der Waals surface area contributed by atoms with Gasteiger partial charge in [-0.05, 0) is 31.2 Å². The fourth-order valence-corrected chi connectivity index (χ4v) is 2.74. The molecule has 1 fully saturated rings. The monoisotopic (exact) mass is 346 g/mol. The third kappa shape index (κ3) is 6.01. The van der Waals surface area contributed by atoms with E-state index >= 15 is 0 Å². The SMILES string of the molecule is CN(Cc1ccc(OC(F)(F)F)cc1)CC(O)CN1CCCC1=O. The summed E-state index contributed by atoms with van der Waals surface area (Å²) in [5, 5.41) is 10.1. The summed E-state index contributed by atoms with van der Waals surface area (Å²) in [5.41, 5.74) is 0.802. The van der Waals surface area contributed by atoms with Gasteiger partial charge in [-0.25, -0.2) is 0 Å². The average Bonchev–Trinajstić information content (AvgIpc) is 2.84. The highest BCUT2D eigenvalue weighted by Gasteiger charge is 2.31. The molecule has 0 saturated carbocycles. The van der Waals surface area contributed by atoms with E-state index in [9.17, 15) is 23.1 Å². The van der Waals surface area contributed by atoms with Crippen molar-refractivity contribution in [1.29, 1.82) is 0 Å². The molecule has 0 aromatic heterocycles. The number of benzene rings is 1. The van der Waals surface area contributed by atoms with Crippen molar-refractivity contribution in [2.75, 3.05) is 26.7 Å². The Kier molecular flexibility index (Phi) is 6.06. The number of likely N-dealkylation sites (N-methyl/N-ethyl adjacent to an activating group) is 1. The summed E-state index contributed by atoms with van der Waals surface area (Å²) in [6.45, 7) is 1.82. The van der Waals surface area contributed by atoms with E-state index in [1.165, 1.54) is 12.1 Å². The van der Waals surface area contributed by atoms with Gasteiger partial charge in [-0.2, -0.15) is 0 Å². The summed E-state index contributed by atoms with van der Waals surface area (Å²) in [4.78, 5) is 15.0. The summed E-state index contributed by atoms with van der Waals surface area (Å²) < 4.78 is 40.1. The number of carbonyl (C=O) groups excluding carboxylic acids is 1. The largest absolute Gasteiger partial charge is 0.573 e. The Bertz CT molecular complexity index is 548. The normalized spacial score (nSPS) is 16.8. The lowest BCUT2D eigenvalue weighted by molar-refractivity contribution is -0.274. The second-order valence-corrected chi connectivity index (χ2v) is 5.99. The highest BCUT2D eigenvalue weighted by molar-refractivity contribution is 5.78. The van der Waals surface area contributed by atoms with Gasteiger partial charge in [-0.15, -0.1) is 13.2 Å². The number of hydrogen-bond donors (Lipinski definition) is 1. The number of nitrogens with zero attached hydrogens (tertiary/aromatic N) is 2. The van der Waals surface area contributed by atoms with Crippen LogP contribution in [-0.2, 0) is 11.3 Å². The van der Waals surface area contributed by atoms with Gasteiger partial charge in [-0.1, -0.05) is 12.1 Å². The van der Waals surface area contributed by atoms with E-state index in [2.05, 4.69) is 4.74 Å². The number of alkyl halides is 3. The Hall–Kier alpha value is -1.80. The van der Waals surface area contributed by atoms with E-state index < -0.39 is 12.5 Å². The van der Waals surface area contributed by atoms with Crippen LogP contribution in [0, 0.1) is 0 Å². The molecule has 0 radical (unpaired) electrons. The summed E-state index contributed by atoms with van der Waals surface area (Å²) in [5.74, 6) is -0.196. The number of likely N-dealkylation sites (tertiary alicyclic amines) is 1. The van der Waals surface area contributed by atoms with Crippen LogP contribution in [0.3, 0.4) is 0 Å². The molecule has 1 aromatic carbocycles. The van der Waals surface area contributed by atoms with Crippen molar-refractivity contribution in [2.24, 2.45) is 0 Å². The fourth-order valence-electron chi connectivity index (χ4n) is 2.74. The van der Waals surface area contributed by atoms with Crippen LogP contribution >= 0.6 is 0 Å². The van der Waals surface area contributed by atoms with Crippen LogP contribution in [0.2, 0.25) is 0 Å². The zero-order valence-electron chi connectivity index (χ0n) is 13.4. The number of aliphatic hydroxyl groups is 1. The number of halogens is 3. The molecule has 1 saturated heterocycles.